The molecule has 1 N–H and O–H groups in total. The molecular weight excluding hydrogens is 328 g/mol. The van der Waals surface area contributed by atoms with Gasteiger partial charge in [-0.2, -0.15) is 0 Å². The Bertz CT molecular complexity index is 491. The summed E-state index contributed by atoms with van der Waals surface area (Å²) in [5, 5.41) is 0.205. The first-order chi connectivity index (χ1) is 7.83. The first-order valence-electron chi connectivity index (χ1n) is 4.92. The molecule has 0 bridgehead atoms. The van der Waals surface area contributed by atoms with Gasteiger partial charge in [0.1, 0.15) is 4.90 Å². The Hall–Kier alpha value is -0.140. The van der Waals surface area contributed by atoms with Gasteiger partial charge in [-0.1, -0.05) is 27.5 Å². The van der Waals surface area contributed by atoms with Crippen molar-refractivity contribution < 1.29 is 8.42 Å². The van der Waals surface area contributed by atoms with E-state index in [0.29, 0.717) is 13.1 Å². The zero-order chi connectivity index (χ0) is 13.1. The predicted molar refractivity (Wildman–Crippen MR) is 72.9 cm³/mol. The Labute approximate surface area is 115 Å². The molecule has 0 amide bonds. The van der Waals surface area contributed by atoms with Crippen molar-refractivity contribution in [2.75, 3.05) is 27.2 Å². The van der Waals surface area contributed by atoms with E-state index < -0.39 is 10.0 Å². The van der Waals surface area contributed by atoms with E-state index >= 15 is 0 Å². The summed E-state index contributed by atoms with van der Waals surface area (Å²) >= 11 is 9.12. The molecule has 4 nitrogen and oxygen atoms in total. The van der Waals surface area contributed by atoms with Crippen molar-refractivity contribution in [1.82, 2.24) is 9.62 Å². The normalized spacial score (nSPS) is 12.1. The fraction of sp³-hybridized carbons (Fsp3) is 0.400. The van der Waals surface area contributed by atoms with Gasteiger partial charge in [0.15, 0.2) is 0 Å². The molecule has 0 atom stereocenters. The molecule has 0 aliphatic rings. The lowest BCUT2D eigenvalue weighted by atomic mass is 10.4. The summed E-state index contributed by atoms with van der Waals surface area (Å²) in [6.45, 7) is 0.981. The van der Waals surface area contributed by atoms with E-state index in [-0.39, 0.29) is 9.92 Å². The van der Waals surface area contributed by atoms with Crippen molar-refractivity contribution >= 4 is 37.6 Å². The molecule has 96 valence electrons. The second-order valence-corrected chi connectivity index (χ2v) is 6.83. The Kier molecular flexibility index (Phi) is 5.40. The van der Waals surface area contributed by atoms with Crippen molar-refractivity contribution in [3.63, 3.8) is 0 Å². The van der Waals surface area contributed by atoms with Crippen LogP contribution in [0.4, 0.5) is 0 Å². The van der Waals surface area contributed by atoms with Crippen LogP contribution in [0.25, 0.3) is 0 Å². The van der Waals surface area contributed by atoms with Crippen LogP contribution in [0.15, 0.2) is 27.6 Å². The van der Waals surface area contributed by atoms with Crippen molar-refractivity contribution in [2.24, 2.45) is 0 Å². The zero-order valence-corrected chi connectivity index (χ0v) is 12.7. The second-order valence-electron chi connectivity index (χ2n) is 3.78. The van der Waals surface area contributed by atoms with Crippen LogP contribution in [-0.4, -0.2) is 40.5 Å². The van der Waals surface area contributed by atoms with E-state index in [1.54, 1.807) is 12.1 Å². The van der Waals surface area contributed by atoms with Crippen LogP contribution in [0, 0.1) is 0 Å². The number of nitrogens with zero attached hydrogens (tertiary/aromatic N) is 1. The number of hydrogen-bond donors (Lipinski definition) is 1. The van der Waals surface area contributed by atoms with Crippen LogP contribution in [0.3, 0.4) is 0 Å². The lowest BCUT2D eigenvalue weighted by Gasteiger charge is -2.11. The number of nitrogens with one attached hydrogen (secondary N) is 1. The summed E-state index contributed by atoms with van der Waals surface area (Å²) in [4.78, 5) is 1.99. The van der Waals surface area contributed by atoms with Gasteiger partial charge in [-0.05, 0) is 32.3 Å². The molecule has 0 heterocycles. The largest absolute Gasteiger partial charge is 0.308 e. The third-order valence-corrected chi connectivity index (χ3v) is 4.47. The van der Waals surface area contributed by atoms with Crippen LogP contribution in [-0.2, 0) is 10.0 Å². The van der Waals surface area contributed by atoms with E-state index in [2.05, 4.69) is 20.7 Å². The van der Waals surface area contributed by atoms with Gasteiger partial charge in [0, 0.05) is 17.6 Å². The molecule has 1 rings (SSSR count). The van der Waals surface area contributed by atoms with Gasteiger partial charge in [0.2, 0.25) is 10.0 Å². The van der Waals surface area contributed by atoms with Crippen LogP contribution < -0.4 is 4.72 Å². The van der Waals surface area contributed by atoms with E-state index in [1.807, 2.05) is 19.0 Å². The first-order valence-corrected chi connectivity index (χ1v) is 7.58. The molecule has 0 spiro atoms. The van der Waals surface area contributed by atoms with Crippen LogP contribution in [0.2, 0.25) is 5.02 Å². The van der Waals surface area contributed by atoms with Gasteiger partial charge >= 0.3 is 0 Å². The van der Waals surface area contributed by atoms with Crippen LogP contribution in [0.5, 0.6) is 0 Å². The lowest BCUT2D eigenvalue weighted by Crippen LogP contribution is -2.31. The highest BCUT2D eigenvalue weighted by Crippen LogP contribution is 2.24. The van der Waals surface area contributed by atoms with Crippen molar-refractivity contribution in [3.8, 4) is 0 Å². The van der Waals surface area contributed by atoms with Crippen molar-refractivity contribution in [3.05, 3.63) is 27.7 Å². The van der Waals surface area contributed by atoms with Gasteiger partial charge in [0.25, 0.3) is 0 Å². The molecule has 0 aromatic heterocycles. The van der Waals surface area contributed by atoms with Crippen molar-refractivity contribution in [1.29, 1.82) is 0 Å². The minimum Gasteiger partial charge on any atom is -0.308 e. The highest BCUT2D eigenvalue weighted by atomic mass is 79.9. The number of rotatable bonds is 5. The number of hydrogen-bond acceptors (Lipinski definition) is 3. The van der Waals surface area contributed by atoms with Gasteiger partial charge in [-0.15, -0.1) is 0 Å². The van der Waals surface area contributed by atoms with E-state index in [4.69, 9.17) is 11.6 Å². The van der Waals surface area contributed by atoms with Gasteiger partial charge < -0.3 is 4.90 Å². The summed E-state index contributed by atoms with van der Waals surface area (Å²) in [6.07, 6.45) is 0. The topological polar surface area (TPSA) is 49.4 Å². The smallest absolute Gasteiger partial charge is 0.242 e. The quantitative estimate of drug-likeness (QED) is 0.890. The van der Waals surface area contributed by atoms with Gasteiger partial charge in [-0.25, -0.2) is 13.1 Å². The number of halogens is 2. The molecule has 0 saturated heterocycles. The fourth-order valence-corrected chi connectivity index (χ4v) is 3.23. The van der Waals surface area contributed by atoms with Crippen LogP contribution >= 0.6 is 27.5 Å². The molecule has 1 aromatic carbocycles. The molecule has 17 heavy (non-hydrogen) atoms. The molecule has 0 fully saturated rings. The van der Waals surface area contributed by atoms with E-state index in [9.17, 15) is 8.42 Å². The molecule has 7 heteroatoms. The third-order valence-electron chi connectivity index (χ3n) is 2.03. The average Bonchev–Trinajstić information content (AvgIpc) is 2.15. The highest BCUT2D eigenvalue weighted by molar-refractivity contribution is 9.10. The minimum atomic E-state index is -3.53. The van der Waals surface area contributed by atoms with Crippen molar-refractivity contribution in [2.45, 2.75) is 4.90 Å². The molecule has 0 unspecified atom stereocenters. The summed E-state index contributed by atoms with van der Waals surface area (Å²) in [7, 11) is 0.219. The summed E-state index contributed by atoms with van der Waals surface area (Å²) in [5.74, 6) is 0. The Morgan fingerprint density at radius 1 is 1.41 bits per heavy atom. The minimum absolute atomic E-state index is 0.0983. The fourth-order valence-electron chi connectivity index (χ4n) is 1.17. The summed E-state index contributed by atoms with van der Waals surface area (Å²) in [5.41, 5.74) is 0. The molecule has 0 aliphatic heterocycles. The number of likely N-dealkylation sites (N-methyl/N-ethyl adjacent to an activating group) is 1. The maximum absolute atomic E-state index is 11.9. The van der Waals surface area contributed by atoms with E-state index in [1.165, 1.54) is 6.07 Å². The van der Waals surface area contributed by atoms with Crippen LogP contribution in [0.1, 0.15) is 0 Å². The molecular formula is C10H14BrClN2O2S. The lowest BCUT2D eigenvalue weighted by molar-refractivity contribution is 0.412. The molecule has 1 aromatic rings. The SMILES string of the molecule is CN(C)CCNS(=O)(=O)c1ccc(Br)cc1Cl. The van der Waals surface area contributed by atoms with Gasteiger partial charge in [0.05, 0.1) is 5.02 Å². The Morgan fingerprint density at radius 2 is 2.06 bits per heavy atom. The third kappa shape index (κ3) is 4.56. The first kappa shape index (κ1) is 14.9. The Morgan fingerprint density at radius 3 is 2.59 bits per heavy atom. The summed E-state index contributed by atoms with van der Waals surface area (Å²) < 4.78 is 27.1. The number of sulfonamides is 1. The van der Waals surface area contributed by atoms with Gasteiger partial charge in [-0.3, -0.25) is 0 Å². The molecule has 0 saturated carbocycles. The second kappa shape index (κ2) is 6.15. The maximum atomic E-state index is 11.9. The summed E-state index contributed by atoms with van der Waals surface area (Å²) in [6, 6.07) is 4.68. The zero-order valence-electron chi connectivity index (χ0n) is 9.57. The Balaban J connectivity index is 2.83. The standard InChI is InChI=1S/C10H14BrClN2O2S/c1-14(2)6-5-13-17(15,16)10-4-3-8(11)7-9(10)12/h3-4,7,13H,5-6H2,1-2H3. The molecule has 0 aliphatic carbocycles. The highest BCUT2D eigenvalue weighted by Gasteiger charge is 2.17. The number of benzene rings is 1. The monoisotopic (exact) mass is 340 g/mol. The predicted octanol–water partition coefficient (Wildman–Crippen LogP) is 1.94. The maximum Gasteiger partial charge on any atom is 0.242 e. The van der Waals surface area contributed by atoms with E-state index in [0.717, 1.165) is 4.47 Å². The molecule has 0 radical (unpaired) electrons. The average molecular weight is 342 g/mol.